The highest BCUT2D eigenvalue weighted by molar-refractivity contribution is 5.94. The molecule has 0 spiro atoms. The smallest absolute Gasteiger partial charge is 0.319 e. The van der Waals surface area contributed by atoms with Crippen molar-refractivity contribution in [3.8, 4) is 0 Å². The van der Waals surface area contributed by atoms with Gasteiger partial charge in [0.1, 0.15) is 6.04 Å². The molecule has 1 aromatic rings. The number of amides is 3. The Morgan fingerprint density at radius 2 is 1.92 bits per heavy atom. The predicted octanol–water partition coefficient (Wildman–Crippen LogP) is 2.85. The molecule has 1 heterocycles. The van der Waals surface area contributed by atoms with Gasteiger partial charge in [-0.25, -0.2) is 4.79 Å². The summed E-state index contributed by atoms with van der Waals surface area (Å²) in [6.45, 7) is 1.50. The molecule has 6 heteroatoms. The first-order chi connectivity index (χ1) is 12.6. The largest absolute Gasteiger partial charge is 0.354 e. The number of nitrogens with one attached hydrogen (secondary N) is 3. The van der Waals surface area contributed by atoms with E-state index in [0.717, 1.165) is 24.2 Å². The van der Waals surface area contributed by atoms with E-state index in [-0.39, 0.29) is 11.9 Å². The molecular weight excluding hydrogens is 328 g/mol. The minimum absolute atomic E-state index is 0.100. The van der Waals surface area contributed by atoms with Crippen LogP contribution in [0.1, 0.15) is 50.5 Å². The van der Waals surface area contributed by atoms with E-state index < -0.39 is 6.04 Å². The Labute approximate surface area is 155 Å². The molecule has 6 nitrogen and oxygen atoms in total. The first-order valence-electron chi connectivity index (χ1n) is 9.77. The second-order valence-corrected chi connectivity index (χ2v) is 7.45. The number of benzene rings is 1. The molecule has 0 unspecified atom stereocenters. The van der Waals surface area contributed by atoms with Gasteiger partial charge in [-0.1, -0.05) is 37.5 Å². The van der Waals surface area contributed by atoms with Crippen LogP contribution in [0.4, 0.5) is 10.5 Å². The lowest BCUT2D eigenvalue weighted by Gasteiger charge is -2.31. The van der Waals surface area contributed by atoms with Crippen molar-refractivity contribution in [1.29, 1.82) is 0 Å². The number of anilines is 1. The van der Waals surface area contributed by atoms with Crippen LogP contribution in [-0.4, -0.2) is 42.5 Å². The van der Waals surface area contributed by atoms with Crippen LogP contribution in [0.15, 0.2) is 24.3 Å². The molecular formula is C20H30N4O2. The molecule has 0 aromatic heterocycles. The zero-order valence-electron chi connectivity index (χ0n) is 15.6. The number of hydrogen-bond acceptors (Lipinski definition) is 3. The van der Waals surface area contributed by atoms with Gasteiger partial charge in [0, 0.05) is 24.8 Å². The minimum Gasteiger partial charge on any atom is -0.354 e. The molecule has 1 saturated carbocycles. The summed E-state index contributed by atoms with van der Waals surface area (Å²) in [5, 5.41) is 8.50. The standard InChI is InChI=1S/C20H30N4O2/c1-24(16-9-3-2-4-10-16)14-15-8-5-6-11-17(15)22-20(26)23-18-12-7-13-21-19(18)25/h5-6,8,11,16,18H,2-4,7,9-10,12-14H2,1H3,(H,21,25)(H2,22,23,26)/t18-/m0/s1. The fraction of sp³-hybridized carbons (Fsp3) is 0.600. The van der Waals surface area contributed by atoms with E-state index in [1.165, 1.54) is 32.1 Å². The van der Waals surface area contributed by atoms with Crippen molar-refractivity contribution >= 4 is 17.6 Å². The highest BCUT2D eigenvalue weighted by Gasteiger charge is 2.24. The zero-order valence-corrected chi connectivity index (χ0v) is 15.6. The van der Waals surface area contributed by atoms with Gasteiger partial charge in [0.25, 0.3) is 0 Å². The maximum Gasteiger partial charge on any atom is 0.319 e. The van der Waals surface area contributed by atoms with Crippen LogP contribution >= 0.6 is 0 Å². The number of carbonyl (C=O) groups is 2. The summed E-state index contributed by atoms with van der Waals surface area (Å²) in [6, 6.07) is 7.76. The van der Waals surface area contributed by atoms with Gasteiger partial charge < -0.3 is 16.0 Å². The Balaban J connectivity index is 1.59. The van der Waals surface area contributed by atoms with E-state index in [1.807, 2.05) is 18.2 Å². The summed E-state index contributed by atoms with van der Waals surface area (Å²) >= 11 is 0. The molecule has 1 saturated heterocycles. The number of rotatable bonds is 5. The second-order valence-electron chi connectivity index (χ2n) is 7.45. The molecule has 1 aromatic carbocycles. The van der Waals surface area contributed by atoms with Crippen LogP contribution < -0.4 is 16.0 Å². The van der Waals surface area contributed by atoms with E-state index in [1.54, 1.807) is 0 Å². The second kappa shape index (κ2) is 9.03. The number of nitrogens with zero attached hydrogens (tertiary/aromatic N) is 1. The molecule has 3 N–H and O–H groups in total. The number of hydrogen-bond donors (Lipinski definition) is 3. The summed E-state index contributed by atoms with van der Waals surface area (Å²) in [4.78, 5) is 26.6. The van der Waals surface area contributed by atoms with Gasteiger partial charge in [0.15, 0.2) is 0 Å². The van der Waals surface area contributed by atoms with Crippen LogP contribution in [0.5, 0.6) is 0 Å². The Bertz CT molecular complexity index is 628. The molecule has 0 bridgehead atoms. The van der Waals surface area contributed by atoms with Crippen LogP contribution in [0.3, 0.4) is 0 Å². The molecule has 3 rings (SSSR count). The molecule has 1 atom stereocenters. The van der Waals surface area contributed by atoms with Gasteiger partial charge in [-0.2, -0.15) is 0 Å². The highest BCUT2D eigenvalue weighted by atomic mass is 16.2. The van der Waals surface area contributed by atoms with Crippen molar-refractivity contribution in [1.82, 2.24) is 15.5 Å². The van der Waals surface area contributed by atoms with E-state index in [9.17, 15) is 9.59 Å². The average molecular weight is 358 g/mol. The van der Waals surface area contributed by atoms with Crippen LogP contribution in [-0.2, 0) is 11.3 Å². The summed E-state index contributed by atoms with van der Waals surface area (Å²) in [5.74, 6) is -0.100. The van der Waals surface area contributed by atoms with Gasteiger partial charge in [-0.05, 0) is 44.4 Å². The molecule has 1 aliphatic carbocycles. The number of carbonyl (C=O) groups excluding carboxylic acids is 2. The topological polar surface area (TPSA) is 73.5 Å². The predicted molar refractivity (Wildman–Crippen MR) is 103 cm³/mol. The SMILES string of the molecule is CN(Cc1ccccc1NC(=O)N[C@H]1CCCNC1=O)C1CCCCC1. The molecule has 2 fully saturated rings. The van der Waals surface area contributed by atoms with E-state index in [4.69, 9.17) is 0 Å². The number of urea groups is 1. The van der Waals surface area contributed by atoms with Gasteiger partial charge in [-0.15, -0.1) is 0 Å². The lowest BCUT2D eigenvalue weighted by molar-refractivity contribution is -0.124. The Morgan fingerprint density at radius 1 is 1.15 bits per heavy atom. The average Bonchev–Trinajstić information content (AvgIpc) is 2.66. The van der Waals surface area contributed by atoms with Crippen molar-refractivity contribution in [2.75, 3.05) is 18.9 Å². The van der Waals surface area contributed by atoms with Gasteiger partial charge in [0.05, 0.1) is 0 Å². The molecule has 2 aliphatic rings. The normalized spacial score (nSPS) is 21.3. The summed E-state index contributed by atoms with van der Waals surface area (Å²) in [7, 11) is 2.17. The lowest BCUT2D eigenvalue weighted by atomic mass is 9.94. The first-order valence-corrected chi connectivity index (χ1v) is 9.77. The molecule has 26 heavy (non-hydrogen) atoms. The molecule has 142 valence electrons. The van der Waals surface area contributed by atoms with Gasteiger partial charge in [-0.3, -0.25) is 9.69 Å². The van der Waals surface area contributed by atoms with Gasteiger partial charge in [0.2, 0.25) is 5.91 Å². The number of para-hydroxylation sites is 1. The summed E-state index contributed by atoms with van der Waals surface area (Å²) in [6.07, 6.45) is 8.04. The lowest BCUT2D eigenvalue weighted by Crippen LogP contribution is -2.51. The van der Waals surface area contributed by atoms with E-state index in [2.05, 4.69) is 34.0 Å². The fourth-order valence-electron chi connectivity index (χ4n) is 3.93. The Kier molecular flexibility index (Phi) is 6.50. The molecule has 1 aliphatic heterocycles. The van der Waals surface area contributed by atoms with E-state index >= 15 is 0 Å². The third-order valence-corrected chi connectivity index (χ3v) is 5.47. The van der Waals surface area contributed by atoms with Crippen LogP contribution in [0, 0.1) is 0 Å². The maximum atomic E-state index is 12.4. The minimum atomic E-state index is -0.444. The zero-order chi connectivity index (χ0) is 18.4. The Hall–Kier alpha value is -2.08. The quantitative estimate of drug-likeness (QED) is 0.758. The third kappa shape index (κ3) is 4.97. The number of piperidine rings is 1. The summed E-state index contributed by atoms with van der Waals surface area (Å²) < 4.78 is 0. The molecule has 0 radical (unpaired) electrons. The molecule has 3 amide bonds. The van der Waals surface area contributed by atoms with Gasteiger partial charge >= 0.3 is 6.03 Å². The fourth-order valence-corrected chi connectivity index (χ4v) is 3.93. The Morgan fingerprint density at radius 3 is 2.69 bits per heavy atom. The first kappa shape index (κ1) is 18.7. The van der Waals surface area contributed by atoms with Crippen LogP contribution in [0.25, 0.3) is 0 Å². The van der Waals surface area contributed by atoms with E-state index in [0.29, 0.717) is 19.0 Å². The van der Waals surface area contributed by atoms with Crippen molar-refractivity contribution in [3.05, 3.63) is 29.8 Å². The summed E-state index contributed by atoms with van der Waals surface area (Å²) in [5.41, 5.74) is 1.91. The van der Waals surface area contributed by atoms with Crippen LogP contribution in [0.2, 0.25) is 0 Å². The maximum absolute atomic E-state index is 12.4. The highest BCUT2D eigenvalue weighted by Crippen LogP contribution is 2.24. The van der Waals surface area contributed by atoms with Crippen molar-refractivity contribution in [2.24, 2.45) is 0 Å². The monoisotopic (exact) mass is 358 g/mol. The third-order valence-electron chi connectivity index (χ3n) is 5.47. The van der Waals surface area contributed by atoms with Crippen molar-refractivity contribution < 1.29 is 9.59 Å². The van der Waals surface area contributed by atoms with Crippen molar-refractivity contribution in [2.45, 2.75) is 63.6 Å². The van der Waals surface area contributed by atoms with Crippen molar-refractivity contribution in [3.63, 3.8) is 0 Å².